The standard InChI is InChI=1S/C22H30Si.2ClH.Zr/c1-15-13-17-9-5-7-11-19(17)21(15)23(3,4)22-16(2)14-18-10-6-8-12-20(18)22;;;/h13-14H,5-12H2,1-4H3;2*1H;/q;;;+4/p-2. The zero-order valence-electron chi connectivity index (χ0n) is 16.6. The molecule has 10 radical (unpaired) electrons. The van der Waals surface area contributed by atoms with Gasteiger partial charge in [0.2, 0.25) is 0 Å². The average molecular weight is 485 g/mol. The van der Waals surface area contributed by atoms with E-state index in [1.807, 2.05) is 0 Å². The van der Waals surface area contributed by atoms with Crippen molar-refractivity contribution < 1.29 is 20.8 Å². The summed E-state index contributed by atoms with van der Waals surface area (Å²) in [4.78, 5) is 0. The summed E-state index contributed by atoms with van der Waals surface area (Å²) in [5, 5.41) is 0. The van der Waals surface area contributed by atoms with Gasteiger partial charge >= 0.3 is 37.9 Å². The van der Waals surface area contributed by atoms with Crippen LogP contribution in [0.3, 0.4) is 0 Å². The van der Waals surface area contributed by atoms with Crippen molar-refractivity contribution in [2.75, 3.05) is 0 Å². The van der Waals surface area contributed by atoms with Crippen LogP contribution in [-0.2, 0) is 20.8 Å². The Labute approximate surface area is 182 Å². The van der Waals surface area contributed by atoms with Crippen LogP contribution in [0.4, 0.5) is 0 Å². The third kappa shape index (κ3) is 4.39. The molecule has 0 saturated heterocycles. The van der Waals surface area contributed by atoms with Crippen LogP contribution in [0.1, 0.15) is 65.2 Å². The molecule has 4 aliphatic rings. The molecule has 0 aromatic rings. The van der Waals surface area contributed by atoms with Crippen LogP contribution in [-0.4, -0.2) is 8.07 Å². The van der Waals surface area contributed by atoms with E-state index in [1.165, 1.54) is 51.4 Å². The summed E-state index contributed by atoms with van der Waals surface area (Å²) in [6.07, 6.45) is 15.9. The molecule has 4 saturated carbocycles. The molecule has 4 fully saturated rings. The van der Waals surface area contributed by atoms with Crippen LogP contribution in [0.25, 0.3) is 0 Å². The number of fused-ring (bicyclic) bond motifs is 2. The molecule has 0 aromatic heterocycles. The molecule has 0 nitrogen and oxygen atoms in total. The van der Waals surface area contributed by atoms with Crippen LogP contribution in [0.2, 0.25) is 13.1 Å². The molecule has 0 aliphatic heterocycles. The van der Waals surface area contributed by atoms with Crippen molar-refractivity contribution in [3.8, 4) is 0 Å². The van der Waals surface area contributed by atoms with E-state index in [2.05, 4.69) is 39.8 Å². The first-order valence-electron chi connectivity index (χ1n) is 9.95. The maximum atomic E-state index is 4.93. The topological polar surface area (TPSA) is 0 Å². The van der Waals surface area contributed by atoms with Gasteiger partial charge in [0.25, 0.3) is 0 Å². The Morgan fingerprint density at radius 1 is 0.731 bits per heavy atom. The number of rotatable bonds is 2. The van der Waals surface area contributed by atoms with Crippen molar-refractivity contribution in [3.63, 3.8) is 0 Å². The summed E-state index contributed by atoms with van der Waals surface area (Å²) >= 11 is -0.826. The van der Waals surface area contributed by atoms with E-state index in [1.54, 1.807) is 46.6 Å². The minimum atomic E-state index is -1.60. The van der Waals surface area contributed by atoms with Crippen molar-refractivity contribution in [1.82, 2.24) is 0 Å². The van der Waals surface area contributed by atoms with Crippen molar-refractivity contribution in [1.29, 1.82) is 0 Å². The summed E-state index contributed by atoms with van der Waals surface area (Å²) in [5.74, 6) is 10.1. The van der Waals surface area contributed by atoms with Crippen molar-refractivity contribution >= 4 is 25.1 Å². The van der Waals surface area contributed by atoms with Crippen LogP contribution in [0, 0.1) is 59.4 Å². The Morgan fingerprint density at radius 2 is 1.08 bits per heavy atom. The molecule has 0 bridgehead atoms. The van der Waals surface area contributed by atoms with Crippen molar-refractivity contribution in [2.45, 2.75) is 78.3 Å². The van der Waals surface area contributed by atoms with E-state index >= 15 is 0 Å². The van der Waals surface area contributed by atoms with E-state index in [4.69, 9.17) is 17.0 Å². The molecular formula is C22H30Cl2SiZr+2. The number of halogens is 2. The second kappa shape index (κ2) is 9.66. The molecule has 0 unspecified atom stereocenters. The van der Waals surface area contributed by atoms with Gasteiger partial charge in [-0.15, -0.1) is 0 Å². The third-order valence-electron chi connectivity index (χ3n) is 6.44. The Kier molecular flexibility index (Phi) is 8.31. The van der Waals surface area contributed by atoms with Gasteiger partial charge < -0.3 is 0 Å². The van der Waals surface area contributed by atoms with Gasteiger partial charge in [0.1, 0.15) is 0 Å². The molecule has 0 heterocycles. The molecule has 4 aliphatic carbocycles. The molecule has 0 N–H and O–H groups in total. The van der Waals surface area contributed by atoms with Crippen LogP contribution in [0.5, 0.6) is 0 Å². The zero-order chi connectivity index (χ0) is 18.9. The van der Waals surface area contributed by atoms with Crippen LogP contribution >= 0.6 is 17.0 Å². The molecule has 138 valence electrons. The van der Waals surface area contributed by atoms with Gasteiger partial charge in [-0.25, -0.2) is 0 Å². The Morgan fingerprint density at radius 3 is 1.46 bits per heavy atom. The van der Waals surface area contributed by atoms with Gasteiger partial charge in [0, 0.05) is 0 Å². The van der Waals surface area contributed by atoms with E-state index in [0.717, 1.165) is 0 Å². The second-order valence-electron chi connectivity index (χ2n) is 8.52. The number of hydrogen-bond acceptors (Lipinski definition) is 0. The summed E-state index contributed by atoms with van der Waals surface area (Å²) in [5.41, 5.74) is 3.60. The molecule has 4 heteroatoms. The van der Waals surface area contributed by atoms with Gasteiger partial charge in [0.05, 0.1) is 8.07 Å². The SMILES string of the molecule is C[C]1[CH][C]2CCCC[C]2[C]1[Si](C)(C)[C]1[C](C)[CH][C]2CCCC[C]21.[Cl][Zr+2][Cl]. The van der Waals surface area contributed by atoms with Crippen LogP contribution < -0.4 is 0 Å². The van der Waals surface area contributed by atoms with E-state index < -0.39 is 28.9 Å². The fourth-order valence-electron chi connectivity index (χ4n) is 5.76. The van der Waals surface area contributed by atoms with Gasteiger partial charge in [-0.2, -0.15) is 0 Å². The van der Waals surface area contributed by atoms with E-state index in [0.29, 0.717) is 0 Å². The summed E-state index contributed by atoms with van der Waals surface area (Å²) in [7, 11) is 8.27. The molecule has 0 spiro atoms. The predicted molar refractivity (Wildman–Crippen MR) is 112 cm³/mol. The first-order chi connectivity index (χ1) is 12.4. The first kappa shape index (κ1) is 22.4. The molecule has 0 atom stereocenters. The maximum absolute atomic E-state index is 4.93. The van der Waals surface area contributed by atoms with Gasteiger partial charge in [-0.3, -0.25) is 0 Å². The van der Waals surface area contributed by atoms with Crippen molar-refractivity contribution in [3.05, 3.63) is 59.4 Å². The van der Waals surface area contributed by atoms with Crippen molar-refractivity contribution in [2.24, 2.45) is 0 Å². The summed E-state index contributed by atoms with van der Waals surface area (Å²) in [6.45, 7) is 10.0. The third-order valence-corrected chi connectivity index (χ3v) is 10.3. The average Bonchev–Trinajstić information content (AvgIpc) is 3.11. The minimum absolute atomic E-state index is 0.826. The van der Waals surface area contributed by atoms with Gasteiger partial charge in [-0.1, -0.05) is 52.6 Å². The monoisotopic (exact) mass is 482 g/mol. The summed E-state index contributed by atoms with van der Waals surface area (Å²) < 4.78 is 0. The molecule has 4 rings (SSSR count). The van der Waals surface area contributed by atoms with Crippen LogP contribution in [0.15, 0.2) is 0 Å². The van der Waals surface area contributed by atoms with E-state index in [9.17, 15) is 0 Å². The number of hydrogen-bond donors (Lipinski definition) is 0. The molecule has 0 aromatic carbocycles. The fraction of sp³-hybridized carbons (Fsp3) is 0.545. The molecule has 26 heavy (non-hydrogen) atoms. The zero-order valence-corrected chi connectivity index (χ0v) is 21.5. The molecular weight excluding hydrogens is 454 g/mol. The van der Waals surface area contributed by atoms with Gasteiger partial charge in [0.15, 0.2) is 0 Å². The Hall–Kier alpha value is 1.68. The molecule has 0 amide bonds. The predicted octanol–water partition coefficient (Wildman–Crippen LogP) is 7.37. The quantitative estimate of drug-likeness (QED) is 0.359. The normalized spacial score (nSPS) is 28.5. The van der Waals surface area contributed by atoms with Gasteiger partial charge in [-0.05, 0) is 85.1 Å². The summed E-state index contributed by atoms with van der Waals surface area (Å²) in [6, 6.07) is 0. The Bertz CT molecular complexity index is 419. The Balaban J connectivity index is 0.000000613. The first-order valence-corrected chi connectivity index (χ1v) is 19.3. The second-order valence-corrected chi connectivity index (χ2v) is 16.5. The fourth-order valence-corrected chi connectivity index (χ4v) is 10.2. The van der Waals surface area contributed by atoms with E-state index in [-0.39, 0.29) is 0 Å².